The highest BCUT2D eigenvalue weighted by molar-refractivity contribution is 9.93. The van der Waals surface area contributed by atoms with Crippen LogP contribution in [-0.2, 0) is 38.6 Å². The van der Waals surface area contributed by atoms with Gasteiger partial charge >= 0.3 is 24.4 Å². The molecular weight excluding hydrogens is 2110 g/mol. The number of phenolic OH excluding ortho intramolecular Hbond substituents is 2. The number of carbonyl (C=O) groups excluding carboxylic acids is 4. The van der Waals surface area contributed by atoms with Crippen LogP contribution >= 0.6 is 76.0 Å². The summed E-state index contributed by atoms with van der Waals surface area (Å²) in [7, 11) is -5.09. The van der Waals surface area contributed by atoms with E-state index >= 15 is 0 Å². The summed E-state index contributed by atoms with van der Waals surface area (Å²) in [5, 5.41) is 46.5. The van der Waals surface area contributed by atoms with Gasteiger partial charge in [-0.05, 0) is 254 Å². The van der Waals surface area contributed by atoms with Gasteiger partial charge in [0.05, 0.1) is 66.1 Å². The van der Waals surface area contributed by atoms with Crippen LogP contribution in [-0.4, -0.2) is 183 Å². The minimum atomic E-state index is -1.88. The van der Waals surface area contributed by atoms with E-state index < -0.39 is 101 Å². The molecule has 0 saturated heterocycles. The van der Waals surface area contributed by atoms with E-state index in [1.165, 1.54) is 60.7 Å². The number of aliphatic hydroxyl groups is 2. The molecule has 6 rings (SSSR count). The predicted molar refractivity (Wildman–Crippen MR) is 544 cm³/mol. The number of aliphatic hydroxyl groups excluding tert-OH is 2. The average molecular weight is 2250 g/mol. The number of alkyl halides is 1. The van der Waals surface area contributed by atoms with Gasteiger partial charge in [0.1, 0.15) is 48.8 Å². The van der Waals surface area contributed by atoms with Crippen molar-refractivity contribution >= 4 is 125 Å². The number of carbonyl (C=O) groups is 4. The Morgan fingerprint density at radius 2 is 0.714 bits per heavy atom. The summed E-state index contributed by atoms with van der Waals surface area (Å²) in [5.41, 5.74) is -0.669. The molecule has 23 nitrogen and oxygen atoms in total. The Hall–Kier alpha value is -7.69. The van der Waals surface area contributed by atoms with Crippen molar-refractivity contribution in [3.8, 4) is 70.5 Å². The van der Waals surface area contributed by atoms with E-state index in [1.807, 2.05) is 0 Å². The lowest BCUT2D eigenvalue weighted by Crippen LogP contribution is -2.41. The van der Waals surface area contributed by atoms with Crippen LogP contribution < -0.4 is 40.2 Å². The van der Waals surface area contributed by atoms with E-state index in [2.05, 4.69) is 229 Å². The van der Waals surface area contributed by atoms with Crippen molar-refractivity contribution < 1.29 is 119 Å². The average Bonchev–Trinajstić information content (AvgIpc) is 0.838. The smallest absolute Gasteiger partial charge is 0.408 e. The number of hydrogen-bond donors (Lipinski definition) is 8. The number of aryl methyl sites for hydroxylation is 1. The zero-order valence-electron chi connectivity index (χ0n) is 81.9. The molecule has 37 heteroatoms. The van der Waals surface area contributed by atoms with Gasteiger partial charge in [0.25, 0.3) is 0 Å². The molecule has 0 radical (unpaired) electrons. The standard InChI is InChI=1S/C22H34FNO4Si.C16H24FNO4.C16H20FNO4.C14H22BrFO2Si.C8H19BrOSi.C8H13NO2.C6H4BrFO.C6H5FO.Br2.H2/c1-21(2,3)28-20(25)24-14-10-12-17-11-9-13-18(23)19(17)26-15-16-27-29(7,8)22(4,5)6;2*1-16(2,3)22-15(20)18-9-5-7-12-6-4-8-13(17)14(12)21-11-10-19;1-14(2,3)19(4,5)18-10-9-17-13-11(15)7-6-8-12(13)16;1-8(2,3)11(4,5)10-7-6-9;1-5-6-9-7(10)11-8(2,3)4;7-4-2-1-3-5(8)6(4)9;7-5-3-1-2-4-6(5)8;1-2;/h9,11,13H,14-16H2,1-8H3,(H,24,25);4,6,8,19H,5,7,9-11H2,1-3H3,(H,18,20);4,6,8,19H,9-11H2,1-3H3,(H,18,20);6-8H,9-10H2,1-5H3;6-7H2,1-5H3;1H,6H2,2-4H3,(H,9,10);1-3,9H;1-4,8H;;1H. The van der Waals surface area contributed by atoms with E-state index in [0.29, 0.717) is 69.9 Å². The number of terminal acetylenes is 1. The second-order valence-corrected chi connectivity index (χ2v) is 53.7. The van der Waals surface area contributed by atoms with Gasteiger partial charge in [0.2, 0.25) is 0 Å². The molecule has 0 bridgehead atoms. The van der Waals surface area contributed by atoms with Crippen LogP contribution in [0.3, 0.4) is 0 Å². The van der Waals surface area contributed by atoms with Crippen molar-refractivity contribution in [3.05, 3.63) is 176 Å². The van der Waals surface area contributed by atoms with Gasteiger partial charge in [0, 0.05) is 48.2 Å². The van der Waals surface area contributed by atoms with Gasteiger partial charge in [0.15, 0.2) is 94.4 Å². The normalized spacial score (nSPS) is 11.2. The Bertz CT molecular complexity index is 4530. The molecular formula is C96H143Br5F6N4O19Si3. The van der Waals surface area contributed by atoms with Crippen LogP contribution in [0.5, 0.6) is 34.5 Å². The fourth-order valence-corrected chi connectivity index (χ4v) is 12.8. The number of benzene rings is 6. The van der Waals surface area contributed by atoms with E-state index in [0.717, 1.165) is 11.9 Å². The second-order valence-electron chi connectivity index (χ2n) is 36.8. The molecule has 8 N–H and O–H groups in total. The number of para-hydroxylation sites is 6. The first-order valence-electron chi connectivity index (χ1n) is 42.3. The molecule has 0 fully saturated rings. The third kappa shape index (κ3) is 61.2. The molecule has 4 amide bonds. The van der Waals surface area contributed by atoms with Crippen LogP contribution in [0.15, 0.2) is 124 Å². The molecule has 0 aliphatic rings. The summed E-state index contributed by atoms with van der Waals surface area (Å²) in [4.78, 5) is 45.3. The Labute approximate surface area is 831 Å². The SMILES string of the molecule is BrBr.C#CCNC(=O)OC(C)(C)C.CC(C)(C)OC(=O)NCC#Cc1cccc(F)c1OCCO.CC(C)(C)OC(=O)NCC#Cc1cccc(F)c1OCCO[Si](C)(C)C(C)(C)C.CC(C)(C)OC(=O)NCCCc1cccc(F)c1OCCO.CC(C)(C)[Si](C)(C)OCCBr.CC(C)(C)[Si](C)(C)OCCOc1c(F)cccc1Br.Oc1c(F)cccc1Br.Oc1ccccc1F.[HH]. The van der Waals surface area contributed by atoms with Crippen molar-refractivity contribution in [3.63, 3.8) is 0 Å². The first-order valence-corrected chi connectivity index (χ1v) is 57.5. The Morgan fingerprint density at radius 1 is 0.398 bits per heavy atom. The van der Waals surface area contributed by atoms with E-state index in [4.69, 9.17) is 78.0 Å². The van der Waals surface area contributed by atoms with Crippen molar-refractivity contribution in [1.82, 2.24) is 21.3 Å². The molecule has 0 spiro atoms. The number of rotatable bonds is 26. The summed E-state index contributed by atoms with van der Waals surface area (Å²) >= 11 is 15.1. The maximum Gasteiger partial charge on any atom is 0.408 e. The molecule has 0 heterocycles. The van der Waals surface area contributed by atoms with Gasteiger partial charge in [-0.1, -0.05) is 156 Å². The third-order valence-electron chi connectivity index (χ3n) is 17.8. The molecule has 6 aromatic carbocycles. The lowest BCUT2D eigenvalue weighted by molar-refractivity contribution is 0.0517. The van der Waals surface area contributed by atoms with Crippen LogP contribution in [0, 0.1) is 70.9 Å². The number of phenols is 2. The van der Waals surface area contributed by atoms with Crippen LogP contribution in [0.4, 0.5) is 45.5 Å². The number of ether oxygens (including phenoxy) is 8. The van der Waals surface area contributed by atoms with Gasteiger partial charge < -0.3 is 92.9 Å². The minimum absolute atomic E-state index is 0. The maximum absolute atomic E-state index is 14.2. The molecule has 6 aromatic rings. The number of halogens is 11. The van der Waals surface area contributed by atoms with Gasteiger partial charge in [-0.3, -0.25) is 0 Å². The number of nitrogens with one attached hydrogen (secondary N) is 4. The van der Waals surface area contributed by atoms with Gasteiger partial charge in [-0.25, -0.2) is 45.5 Å². The zero-order valence-corrected chi connectivity index (χ0v) is 92.9. The highest BCUT2D eigenvalue weighted by Crippen LogP contribution is 2.39. The summed E-state index contributed by atoms with van der Waals surface area (Å²) in [6, 6.07) is 28.3. The Kier molecular flexibility index (Phi) is 63.4. The van der Waals surface area contributed by atoms with Crippen LogP contribution in [0.2, 0.25) is 54.4 Å². The van der Waals surface area contributed by atoms with Crippen LogP contribution in [0.1, 0.15) is 170 Å². The first kappa shape index (κ1) is 129. The van der Waals surface area contributed by atoms with Crippen LogP contribution in [0.25, 0.3) is 0 Å². The van der Waals surface area contributed by atoms with Gasteiger partial charge in [-0.2, -0.15) is 0 Å². The van der Waals surface area contributed by atoms with Crippen molar-refractivity contribution in [2.75, 3.05) is 91.0 Å². The number of alkyl carbamates (subject to hydrolysis) is 4. The lowest BCUT2D eigenvalue weighted by atomic mass is 10.1. The second kappa shape index (κ2) is 65.2. The Morgan fingerprint density at radius 3 is 1.05 bits per heavy atom. The topological polar surface area (TPSA) is 299 Å². The predicted octanol–water partition coefficient (Wildman–Crippen LogP) is 25.1. The molecule has 0 saturated carbocycles. The van der Waals surface area contributed by atoms with Crippen molar-refractivity contribution in [1.29, 1.82) is 0 Å². The quantitative estimate of drug-likeness (QED) is 0.00625. The number of hydrogen-bond acceptors (Lipinski definition) is 19. The molecule has 0 atom stereocenters. The zero-order chi connectivity index (χ0) is 103. The number of amides is 4. The Balaban J connectivity index is -0.000000741. The molecule has 0 unspecified atom stereocenters. The molecule has 0 aliphatic carbocycles. The van der Waals surface area contributed by atoms with E-state index in [9.17, 15) is 45.5 Å². The van der Waals surface area contributed by atoms with E-state index in [-0.39, 0.29) is 104 Å². The highest BCUT2D eigenvalue weighted by atomic mass is 80.9. The van der Waals surface area contributed by atoms with Crippen molar-refractivity contribution in [2.24, 2.45) is 0 Å². The fraction of sp³-hybridized carbons (Fsp3) is 0.521. The minimum Gasteiger partial charge on any atom is -0.505 e. The summed E-state index contributed by atoms with van der Waals surface area (Å²) < 4.78 is 140. The molecule has 133 heavy (non-hydrogen) atoms. The summed E-state index contributed by atoms with van der Waals surface area (Å²) in [6.07, 6.45) is 4.03. The highest BCUT2D eigenvalue weighted by Gasteiger charge is 2.39. The third-order valence-corrected chi connectivity index (χ3v) is 33.0. The summed E-state index contributed by atoms with van der Waals surface area (Å²) in [5.74, 6) is 10.1. The lowest BCUT2D eigenvalue weighted by Gasteiger charge is -2.36. The monoisotopic (exact) mass is 2250 g/mol. The fourth-order valence-electron chi connectivity index (χ4n) is 8.46. The number of aromatic hydroxyl groups is 2. The first-order chi connectivity index (χ1) is 61.3. The van der Waals surface area contributed by atoms with Crippen molar-refractivity contribution in [2.45, 2.75) is 235 Å². The summed E-state index contributed by atoms with van der Waals surface area (Å²) in [6.45, 7) is 57.2. The molecule has 0 aliphatic heterocycles. The maximum atomic E-state index is 14.2. The van der Waals surface area contributed by atoms with Gasteiger partial charge in [-0.15, -0.1) is 6.42 Å². The molecule has 750 valence electrons. The largest absolute Gasteiger partial charge is 0.505 e. The van der Waals surface area contributed by atoms with E-state index in [1.54, 1.807) is 138 Å². The molecule has 0 aromatic heterocycles.